The predicted octanol–water partition coefficient (Wildman–Crippen LogP) is 4.78. The molecule has 7 atom stereocenters. The third-order valence-electron chi connectivity index (χ3n) is 9.36. The minimum atomic E-state index is -1.18. The lowest BCUT2D eigenvalue weighted by atomic mass is 9.63. The van der Waals surface area contributed by atoms with Gasteiger partial charge in [0.25, 0.3) is 5.69 Å². The molecule has 0 spiro atoms. The molecule has 222 valence electrons. The third-order valence-corrected chi connectivity index (χ3v) is 9.36. The number of nitro groups is 1. The summed E-state index contributed by atoms with van der Waals surface area (Å²) in [7, 11) is 0. The maximum Gasteiger partial charge on any atom is 0.330 e. The Morgan fingerprint density at radius 2 is 1.41 bits per heavy atom. The monoisotopic (exact) mass is 592 g/mol. The maximum atomic E-state index is 13.8. The van der Waals surface area contributed by atoms with E-state index in [2.05, 4.69) is 12.2 Å². The van der Waals surface area contributed by atoms with Crippen LogP contribution in [0.3, 0.4) is 0 Å². The number of allylic oxidation sites excluding steroid dienone is 2. The van der Waals surface area contributed by atoms with Crippen LogP contribution in [-0.4, -0.2) is 46.0 Å². The van der Waals surface area contributed by atoms with Crippen molar-refractivity contribution in [1.82, 2.24) is 4.90 Å². The average molecular weight is 593 g/mol. The van der Waals surface area contributed by atoms with E-state index in [9.17, 15) is 29.3 Å². The number of nitrogens with zero attached hydrogens (tertiary/aromatic N) is 2. The Balaban J connectivity index is 1.04. The first-order chi connectivity index (χ1) is 21.3. The van der Waals surface area contributed by atoms with Crippen molar-refractivity contribution >= 4 is 29.3 Å². The van der Waals surface area contributed by atoms with E-state index in [4.69, 9.17) is 9.47 Å². The summed E-state index contributed by atoms with van der Waals surface area (Å²) in [6.07, 6.45) is 5.30. The molecule has 8 rings (SSSR count). The van der Waals surface area contributed by atoms with Gasteiger partial charge in [-0.05, 0) is 72.1 Å². The lowest BCUT2D eigenvalue weighted by Gasteiger charge is -2.37. The zero-order valence-electron chi connectivity index (χ0n) is 23.5. The second kappa shape index (κ2) is 10.9. The first kappa shape index (κ1) is 27.7. The fourth-order valence-corrected chi connectivity index (χ4v) is 7.20. The molecule has 44 heavy (non-hydrogen) atoms. The van der Waals surface area contributed by atoms with Crippen LogP contribution in [0.4, 0.5) is 5.69 Å². The van der Waals surface area contributed by atoms with E-state index >= 15 is 0 Å². The van der Waals surface area contributed by atoms with Gasteiger partial charge in [-0.25, -0.2) is 4.79 Å². The van der Waals surface area contributed by atoms with Crippen LogP contribution in [0.25, 0.3) is 0 Å². The normalized spacial score (nSPS) is 26.5. The number of ether oxygens (including phenoxy) is 2. The summed E-state index contributed by atoms with van der Waals surface area (Å²) in [5, 5.41) is 10.8. The van der Waals surface area contributed by atoms with Gasteiger partial charge in [0.15, 0.2) is 12.4 Å². The average Bonchev–Trinajstić information content (AvgIpc) is 3.82. The molecule has 1 saturated heterocycles. The number of benzene rings is 3. The van der Waals surface area contributed by atoms with Gasteiger partial charge in [0, 0.05) is 24.1 Å². The predicted molar refractivity (Wildman–Crippen MR) is 155 cm³/mol. The van der Waals surface area contributed by atoms with Gasteiger partial charge in [0.05, 0.1) is 16.8 Å². The van der Waals surface area contributed by atoms with Gasteiger partial charge in [-0.1, -0.05) is 42.5 Å². The number of amides is 2. The molecule has 3 aromatic rings. The largest absolute Gasteiger partial charge is 0.457 e. The number of non-ortho nitro benzene ring substituents is 1. The van der Waals surface area contributed by atoms with Crippen LogP contribution >= 0.6 is 0 Å². The van der Waals surface area contributed by atoms with Gasteiger partial charge >= 0.3 is 5.97 Å². The Morgan fingerprint density at radius 1 is 0.841 bits per heavy atom. The van der Waals surface area contributed by atoms with E-state index in [1.54, 1.807) is 12.1 Å². The highest BCUT2D eigenvalue weighted by atomic mass is 16.6. The van der Waals surface area contributed by atoms with Crippen LogP contribution in [0.1, 0.15) is 22.3 Å². The Labute approximate surface area is 252 Å². The topological polar surface area (TPSA) is 133 Å². The smallest absolute Gasteiger partial charge is 0.330 e. The first-order valence-electron chi connectivity index (χ1n) is 14.6. The van der Waals surface area contributed by atoms with Gasteiger partial charge in [0.2, 0.25) is 11.8 Å². The van der Waals surface area contributed by atoms with Gasteiger partial charge in [-0.15, -0.1) is 0 Å². The Morgan fingerprint density at radius 3 is 1.98 bits per heavy atom. The number of carbonyl (C=O) groups is 4. The number of ketones is 1. The highest BCUT2D eigenvalue weighted by molar-refractivity contribution is 6.09. The molecular weight excluding hydrogens is 564 g/mol. The number of Topliss-reactive ketones (excluding diaryl/α,β-unsaturated/α-hetero) is 1. The molecule has 0 N–H and O–H groups in total. The first-order valence-corrected chi connectivity index (χ1v) is 14.6. The lowest BCUT2D eigenvalue weighted by molar-refractivity contribution is -0.384. The van der Waals surface area contributed by atoms with Crippen LogP contribution in [0.2, 0.25) is 0 Å². The van der Waals surface area contributed by atoms with Gasteiger partial charge in [-0.2, -0.15) is 0 Å². The number of rotatable bonds is 10. The minimum Gasteiger partial charge on any atom is -0.457 e. The molecule has 2 amide bonds. The SMILES string of the molecule is O=C(COC(=O)[C@@H](Cc1ccccc1)N1C(=O)[C@@H]2[C@@H]3C=C[C@H]([C@H]4C[C@H]34)[C@@H]2C1=O)c1ccc(Oc2ccc([N+](=O)[O-])cc2)cc1. The molecule has 3 fully saturated rings. The van der Waals surface area contributed by atoms with Crippen molar-refractivity contribution < 1.29 is 33.6 Å². The Bertz CT molecular complexity index is 1650. The number of hydrogen-bond donors (Lipinski definition) is 0. The summed E-state index contributed by atoms with van der Waals surface area (Å²) >= 11 is 0. The highest BCUT2D eigenvalue weighted by Gasteiger charge is 2.68. The zero-order valence-corrected chi connectivity index (χ0v) is 23.5. The zero-order chi connectivity index (χ0) is 30.5. The van der Waals surface area contributed by atoms with Crippen molar-refractivity contribution in [2.45, 2.75) is 18.9 Å². The van der Waals surface area contributed by atoms with Crippen molar-refractivity contribution in [3.8, 4) is 11.5 Å². The van der Waals surface area contributed by atoms with Gasteiger partial charge in [-0.3, -0.25) is 29.4 Å². The Hall–Kier alpha value is -5.12. The number of likely N-dealkylation sites (tertiary alicyclic amines) is 1. The van der Waals surface area contributed by atoms with Gasteiger partial charge < -0.3 is 9.47 Å². The van der Waals surface area contributed by atoms with Crippen LogP contribution < -0.4 is 4.74 Å². The summed E-state index contributed by atoms with van der Waals surface area (Å²) in [6.45, 7) is -0.563. The molecule has 0 unspecified atom stereocenters. The van der Waals surface area contributed by atoms with Crippen LogP contribution in [0.5, 0.6) is 11.5 Å². The molecule has 10 heteroatoms. The second-order valence-corrected chi connectivity index (χ2v) is 11.8. The van der Waals surface area contributed by atoms with E-state index in [1.165, 1.54) is 36.4 Å². The van der Waals surface area contributed by atoms with Crippen LogP contribution in [0, 0.1) is 45.6 Å². The highest BCUT2D eigenvalue weighted by Crippen LogP contribution is 2.65. The van der Waals surface area contributed by atoms with E-state index in [0.717, 1.165) is 16.9 Å². The number of esters is 1. The number of carbonyl (C=O) groups excluding carboxylic acids is 4. The van der Waals surface area contributed by atoms with E-state index < -0.39 is 41.2 Å². The number of imide groups is 1. The van der Waals surface area contributed by atoms with Crippen molar-refractivity contribution in [2.24, 2.45) is 35.5 Å². The summed E-state index contributed by atoms with van der Waals surface area (Å²) < 4.78 is 11.2. The molecule has 2 bridgehead atoms. The fraction of sp³-hybridized carbons (Fsp3) is 0.294. The van der Waals surface area contributed by atoms with Crippen molar-refractivity contribution in [3.05, 3.63) is 112 Å². The fourth-order valence-electron chi connectivity index (χ4n) is 7.20. The molecule has 10 nitrogen and oxygen atoms in total. The maximum absolute atomic E-state index is 13.8. The molecule has 1 heterocycles. The van der Waals surface area contributed by atoms with Crippen LogP contribution in [-0.2, 0) is 25.5 Å². The quantitative estimate of drug-likeness (QED) is 0.0821. The molecule has 5 aliphatic rings. The number of hydrogen-bond acceptors (Lipinski definition) is 8. The Kier molecular flexibility index (Phi) is 6.84. The lowest BCUT2D eigenvalue weighted by Crippen LogP contribution is -2.48. The van der Waals surface area contributed by atoms with E-state index in [-0.39, 0.29) is 41.3 Å². The minimum absolute atomic E-state index is 0.0267. The van der Waals surface area contributed by atoms with Crippen molar-refractivity contribution in [1.29, 1.82) is 0 Å². The second-order valence-electron chi connectivity index (χ2n) is 11.8. The standard InChI is InChI=1S/C34H28N2O8/c37-29(20-6-10-22(11-7-20)44-23-12-8-21(9-13-23)36(41)42)18-43-34(40)28(16-19-4-2-1-3-5-19)35-32(38)30-24-14-15-25(27-17-26(24)27)31(30)33(35)39/h1-15,24-28,30-31H,16-18H2/t24-,25-,26-,27-,28-,30-,31+/m1/s1. The summed E-state index contributed by atoms with van der Waals surface area (Å²) in [4.78, 5) is 65.5. The molecule has 4 aliphatic carbocycles. The third kappa shape index (κ3) is 4.86. The van der Waals surface area contributed by atoms with E-state index in [1.807, 2.05) is 30.3 Å². The molecule has 0 radical (unpaired) electrons. The van der Waals surface area contributed by atoms with Crippen molar-refractivity contribution in [3.63, 3.8) is 0 Å². The van der Waals surface area contributed by atoms with Crippen LogP contribution in [0.15, 0.2) is 91.0 Å². The molecule has 1 aliphatic heterocycles. The molecule has 2 saturated carbocycles. The van der Waals surface area contributed by atoms with E-state index in [0.29, 0.717) is 23.3 Å². The molecular formula is C34H28N2O8. The summed E-state index contributed by atoms with van der Waals surface area (Å²) in [6, 6.07) is 19.7. The molecule has 0 aromatic heterocycles. The van der Waals surface area contributed by atoms with Crippen molar-refractivity contribution in [2.75, 3.05) is 6.61 Å². The summed E-state index contributed by atoms with van der Waals surface area (Å²) in [5.41, 5.74) is 0.981. The van der Waals surface area contributed by atoms with Gasteiger partial charge in [0.1, 0.15) is 17.5 Å². The number of nitro benzene ring substituents is 1. The molecule has 3 aromatic carbocycles. The summed E-state index contributed by atoms with van der Waals surface area (Å²) in [5.74, 6) is -1.07.